The van der Waals surface area contributed by atoms with Crippen molar-refractivity contribution in [3.63, 3.8) is 0 Å². The van der Waals surface area contributed by atoms with E-state index in [-0.39, 0.29) is 23.2 Å². The van der Waals surface area contributed by atoms with Crippen LogP contribution in [0.15, 0.2) is 54.6 Å². The van der Waals surface area contributed by atoms with Crippen LogP contribution in [-0.2, 0) is 6.42 Å². The Bertz CT molecular complexity index is 885. The first-order valence-electron chi connectivity index (χ1n) is 7.01. The van der Waals surface area contributed by atoms with Gasteiger partial charge in [0.2, 0.25) is 0 Å². The first-order chi connectivity index (χ1) is 11.3. The first kappa shape index (κ1) is 15.9. The van der Waals surface area contributed by atoms with Crippen LogP contribution in [0.3, 0.4) is 0 Å². The number of carbonyl (C=O) groups is 1. The number of rotatable bonds is 4. The number of hydrogen-bond donors (Lipinski definition) is 1. The lowest BCUT2D eigenvalue weighted by Gasteiger charge is -2.14. The minimum absolute atomic E-state index is 0.00193. The van der Waals surface area contributed by atoms with Crippen LogP contribution in [0.4, 0.5) is 13.2 Å². The van der Waals surface area contributed by atoms with Gasteiger partial charge in [0.05, 0.1) is 16.8 Å². The highest BCUT2D eigenvalue weighted by atomic mass is 19.4. The highest BCUT2D eigenvalue weighted by molar-refractivity contribution is 5.93. The third-order valence-corrected chi connectivity index (χ3v) is 3.50. The molecule has 0 aliphatic carbocycles. The van der Waals surface area contributed by atoms with Gasteiger partial charge in [0.1, 0.15) is 0 Å². The Labute approximate surface area is 134 Å². The molecule has 0 fully saturated rings. The van der Waals surface area contributed by atoms with Gasteiger partial charge in [0.25, 0.3) is 0 Å². The maximum atomic E-state index is 12.7. The van der Waals surface area contributed by atoms with E-state index in [9.17, 15) is 18.0 Å². The molecule has 0 bridgehead atoms. The lowest BCUT2D eigenvalue weighted by atomic mass is 10.1. The van der Waals surface area contributed by atoms with E-state index in [0.29, 0.717) is 10.1 Å². The number of carboxylic acids is 1. The van der Waals surface area contributed by atoms with Gasteiger partial charge in [-0.05, 0) is 29.8 Å². The second-order valence-electron chi connectivity index (χ2n) is 5.21. The van der Waals surface area contributed by atoms with Gasteiger partial charge in [0.15, 0.2) is 0 Å². The van der Waals surface area contributed by atoms with E-state index in [4.69, 9.17) is 5.11 Å². The summed E-state index contributed by atoms with van der Waals surface area (Å²) in [7, 11) is 0. The zero-order valence-corrected chi connectivity index (χ0v) is 12.2. The van der Waals surface area contributed by atoms with Crippen LogP contribution >= 0.6 is 0 Å². The monoisotopic (exact) mass is 335 g/mol. The second-order valence-corrected chi connectivity index (χ2v) is 5.21. The molecular weight excluding hydrogens is 323 g/mol. The molecule has 3 rings (SSSR count). The largest absolute Gasteiger partial charge is 0.591 e. The third-order valence-electron chi connectivity index (χ3n) is 3.50. The summed E-state index contributed by atoms with van der Waals surface area (Å²) in [6.45, 7) is 0. The van der Waals surface area contributed by atoms with Crippen molar-refractivity contribution in [3.8, 4) is 0 Å². The van der Waals surface area contributed by atoms with E-state index in [1.54, 1.807) is 24.3 Å². The van der Waals surface area contributed by atoms with Gasteiger partial charge < -0.3 is 9.94 Å². The number of carboxylic acid groups (broad SMARTS) is 1. The van der Waals surface area contributed by atoms with Gasteiger partial charge in [-0.2, -0.15) is 4.73 Å². The quantitative estimate of drug-likeness (QED) is 0.787. The van der Waals surface area contributed by atoms with Gasteiger partial charge in [-0.25, -0.2) is 4.79 Å². The van der Waals surface area contributed by atoms with Crippen LogP contribution in [0.25, 0.3) is 10.9 Å². The van der Waals surface area contributed by atoms with Crippen molar-refractivity contribution in [1.29, 1.82) is 0 Å². The maximum absolute atomic E-state index is 12.7. The average molecular weight is 335 g/mol. The Balaban J connectivity index is 2.11. The maximum Gasteiger partial charge on any atom is 0.591 e. The average Bonchev–Trinajstić information content (AvgIpc) is 2.83. The fourth-order valence-electron chi connectivity index (χ4n) is 2.52. The lowest BCUT2D eigenvalue weighted by molar-refractivity contribution is -0.321. The number of benzene rings is 2. The van der Waals surface area contributed by atoms with Crippen molar-refractivity contribution < 1.29 is 27.9 Å². The molecule has 2 aromatic carbocycles. The predicted octanol–water partition coefficient (Wildman–Crippen LogP) is 3.88. The standard InChI is InChI=1S/C17H12F3NO3/c18-17(19,20)24-21-14(8-11-4-2-1-3-5-11)10-13-9-12(16(22)23)6-7-15(13)21/h1-7,9-10H,8H2,(H,22,23). The summed E-state index contributed by atoms with van der Waals surface area (Å²) in [6.07, 6.45) is -4.64. The fourth-order valence-corrected chi connectivity index (χ4v) is 2.52. The van der Waals surface area contributed by atoms with Crippen LogP contribution in [-0.4, -0.2) is 22.2 Å². The van der Waals surface area contributed by atoms with E-state index in [1.807, 2.05) is 6.07 Å². The molecule has 0 radical (unpaired) electrons. The summed E-state index contributed by atoms with van der Waals surface area (Å²) in [6, 6.07) is 14.3. The van der Waals surface area contributed by atoms with Crippen LogP contribution in [0.1, 0.15) is 21.6 Å². The Morgan fingerprint density at radius 2 is 1.79 bits per heavy atom. The SMILES string of the molecule is O=C(O)c1ccc2c(c1)cc(Cc1ccccc1)n2OC(F)(F)F. The molecule has 0 unspecified atom stereocenters. The molecular formula is C17H12F3NO3. The minimum atomic E-state index is -4.86. The number of hydrogen-bond acceptors (Lipinski definition) is 2. The van der Waals surface area contributed by atoms with E-state index in [0.717, 1.165) is 5.56 Å². The predicted molar refractivity (Wildman–Crippen MR) is 80.8 cm³/mol. The molecule has 0 saturated heterocycles. The molecule has 1 N–H and O–H groups in total. The second kappa shape index (κ2) is 5.92. The van der Waals surface area contributed by atoms with Crippen molar-refractivity contribution in [3.05, 3.63) is 71.4 Å². The van der Waals surface area contributed by atoms with Crippen LogP contribution in [0.2, 0.25) is 0 Å². The van der Waals surface area contributed by atoms with Gasteiger partial charge in [-0.15, -0.1) is 13.2 Å². The topological polar surface area (TPSA) is 51.5 Å². The van der Waals surface area contributed by atoms with Gasteiger partial charge in [-0.3, -0.25) is 0 Å². The van der Waals surface area contributed by atoms with Crippen LogP contribution in [0.5, 0.6) is 0 Å². The van der Waals surface area contributed by atoms with Crippen LogP contribution < -0.4 is 4.84 Å². The Kier molecular flexibility index (Phi) is 3.92. The molecule has 7 heteroatoms. The zero-order chi connectivity index (χ0) is 17.3. The van der Waals surface area contributed by atoms with Crippen LogP contribution in [0, 0.1) is 0 Å². The number of aromatic carboxylic acids is 1. The molecule has 0 aliphatic rings. The highest BCUT2D eigenvalue weighted by Gasteiger charge is 2.33. The molecule has 0 atom stereocenters. The molecule has 124 valence electrons. The number of fused-ring (bicyclic) bond motifs is 1. The van der Waals surface area contributed by atoms with Gasteiger partial charge in [0, 0.05) is 11.8 Å². The summed E-state index contributed by atoms with van der Waals surface area (Å²) < 4.78 is 38.9. The summed E-state index contributed by atoms with van der Waals surface area (Å²) in [5.74, 6) is -1.15. The first-order valence-corrected chi connectivity index (χ1v) is 7.01. The van der Waals surface area contributed by atoms with Crippen molar-refractivity contribution in [2.75, 3.05) is 0 Å². The number of nitrogens with zero attached hydrogens (tertiary/aromatic N) is 1. The molecule has 3 aromatic rings. The minimum Gasteiger partial charge on any atom is -0.478 e. The van der Waals surface area contributed by atoms with Crippen molar-refractivity contribution in [1.82, 2.24) is 4.73 Å². The van der Waals surface area contributed by atoms with E-state index in [2.05, 4.69) is 4.84 Å². The fraction of sp³-hybridized carbons (Fsp3) is 0.118. The molecule has 0 saturated carbocycles. The number of halogens is 3. The normalized spacial score (nSPS) is 11.6. The molecule has 1 heterocycles. The molecule has 0 amide bonds. The summed E-state index contributed by atoms with van der Waals surface area (Å²) >= 11 is 0. The van der Waals surface area contributed by atoms with Gasteiger partial charge >= 0.3 is 12.3 Å². The Morgan fingerprint density at radius 3 is 2.42 bits per heavy atom. The molecule has 1 aromatic heterocycles. The van der Waals surface area contributed by atoms with E-state index in [1.165, 1.54) is 24.3 Å². The Hall–Kier alpha value is -2.96. The number of alkyl halides is 3. The number of aromatic nitrogens is 1. The summed E-state index contributed by atoms with van der Waals surface area (Å²) in [5, 5.41) is 9.39. The molecule has 0 aliphatic heterocycles. The molecule has 24 heavy (non-hydrogen) atoms. The Morgan fingerprint density at radius 1 is 1.08 bits per heavy atom. The smallest absolute Gasteiger partial charge is 0.478 e. The zero-order valence-electron chi connectivity index (χ0n) is 12.2. The van der Waals surface area contributed by atoms with Crippen molar-refractivity contribution >= 4 is 16.9 Å². The highest BCUT2D eigenvalue weighted by Crippen LogP contribution is 2.25. The summed E-state index contributed by atoms with van der Waals surface area (Å²) in [4.78, 5) is 15.2. The molecule has 4 nitrogen and oxygen atoms in total. The van der Waals surface area contributed by atoms with E-state index >= 15 is 0 Å². The summed E-state index contributed by atoms with van der Waals surface area (Å²) in [5.41, 5.74) is 1.24. The van der Waals surface area contributed by atoms with Crippen molar-refractivity contribution in [2.45, 2.75) is 12.8 Å². The van der Waals surface area contributed by atoms with Gasteiger partial charge in [-0.1, -0.05) is 30.3 Å². The van der Waals surface area contributed by atoms with Crippen molar-refractivity contribution in [2.24, 2.45) is 0 Å². The third kappa shape index (κ3) is 3.34. The molecule has 0 spiro atoms. The van der Waals surface area contributed by atoms with E-state index < -0.39 is 12.3 Å². The lowest BCUT2D eigenvalue weighted by Crippen LogP contribution is -2.28.